The first-order chi connectivity index (χ1) is 9.10. The van der Waals surface area contributed by atoms with E-state index in [4.69, 9.17) is 18.0 Å². The fraction of sp³-hybridized carbons (Fsp3) is 0.214. The number of thiophene rings is 1. The van der Waals surface area contributed by atoms with E-state index in [0.717, 1.165) is 28.7 Å². The molecule has 0 spiro atoms. The van der Waals surface area contributed by atoms with E-state index in [9.17, 15) is 0 Å². The highest BCUT2D eigenvalue weighted by molar-refractivity contribution is 9.10. The summed E-state index contributed by atoms with van der Waals surface area (Å²) in [5.74, 6) is 0. The normalized spacial score (nSPS) is 10.4. The number of thiocarbonyl (C=S) groups is 1. The number of nitrogens with two attached hydrogens (primary N) is 1. The lowest BCUT2D eigenvalue weighted by atomic mass is 10.2. The first-order valence-electron chi connectivity index (χ1n) is 6.01. The van der Waals surface area contributed by atoms with Crippen LogP contribution in [-0.4, -0.2) is 4.99 Å². The first-order valence-corrected chi connectivity index (χ1v) is 8.02. The second-order valence-electron chi connectivity index (χ2n) is 4.13. The molecule has 1 heterocycles. The maximum atomic E-state index is 5.63. The molecule has 1 aromatic carbocycles. The van der Waals surface area contributed by atoms with Crippen molar-refractivity contribution >= 4 is 50.2 Å². The van der Waals surface area contributed by atoms with Crippen LogP contribution in [0.1, 0.15) is 22.2 Å². The molecule has 0 saturated carbocycles. The van der Waals surface area contributed by atoms with Gasteiger partial charge in [0.2, 0.25) is 0 Å². The quantitative estimate of drug-likeness (QED) is 0.785. The van der Waals surface area contributed by atoms with Crippen LogP contribution in [0.3, 0.4) is 0 Å². The molecule has 0 aliphatic rings. The zero-order chi connectivity index (χ0) is 13.8. The molecular formula is C14H15BrN2S2. The zero-order valence-electron chi connectivity index (χ0n) is 10.6. The maximum absolute atomic E-state index is 5.63. The number of rotatable bonds is 5. The van der Waals surface area contributed by atoms with E-state index < -0.39 is 0 Å². The molecule has 5 heteroatoms. The third kappa shape index (κ3) is 3.78. The summed E-state index contributed by atoms with van der Waals surface area (Å²) in [7, 11) is 0. The molecule has 0 fully saturated rings. The van der Waals surface area contributed by atoms with Gasteiger partial charge in [0.05, 0.1) is 0 Å². The zero-order valence-corrected chi connectivity index (χ0v) is 13.8. The van der Waals surface area contributed by atoms with Gasteiger partial charge in [-0.2, -0.15) is 0 Å². The average molecular weight is 355 g/mol. The van der Waals surface area contributed by atoms with Gasteiger partial charge in [0, 0.05) is 32.0 Å². The second-order valence-corrected chi connectivity index (χ2v) is 6.68. The van der Waals surface area contributed by atoms with Gasteiger partial charge in [0.1, 0.15) is 4.99 Å². The summed E-state index contributed by atoms with van der Waals surface area (Å²) in [5.41, 5.74) is 7.55. The summed E-state index contributed by atoms with van der Waals surface area (Å²) >= 11 is 10.3. The summed E-state index contributed by atoms with van der Waals surface area (Å²) in [6, 6.07) is 10.3. The standard InChI is InChI=1S/C14H15BrN2S2/c1-2-10-4-5-11(19-10)8-17-9-3-6-12(14(16)18)13(15)7-9/h3-7,17H,2,8H2,1H3,(H2,16,18). The number of hydrogen-bond donors (Lipinski definition) is 2. The molecule has 0 radical (unpaired) electrons. The van der Waals surface area contributed by atoms with Gasteiger partial charge in [0.25, 0.3) is 0 Å². The predicted molar refractivity (Wildman–Crippen MR) is 91.1 cm³/mol. The molecule has 1 aromatic heterocycles. The molecule has 0 amide bonds. The van der Waals surface area contributed by atoms with Crippen LogP contribution < -0.4 is 11.1 Å². The number of halogens is 1. The summed E-state index contributed by atoms with van der Waals surface area (Å²) in [6.45, 7) is 3.01. The molecule has 0 aliphatic heterocycles. The SMILES string of the molecule is CCc1ccc(CNc2ccc(C(N)=S)c(Br)c2)s1. The van der Waals surface area contributed by atoms with Crippen molar-refractivity contribution in [2.75, 3.05) is 5.32 Å². The van der Waals surface area contributed by atoms with Gasteiger partial charge in [0.15, 0.2) is 0 Å². The molecule has 2 aromatic rings. The van der Waals surface area contributed by atoms with Crippen LogP contribution in [0.2, 0.25) is 0 Å². The lowest BCUT2D eigenvalue weighted by Crippen LogP contribution is -2.10. The Kier molecular flexibility index (Phi) is 4.96. The van der Waals surface area contributed by atoms with Crippen molar-refractivity contribution in [2.24, 2.45) is 5.73 Å². The highest BCUT2D eigenvalue weighted by atomic mass is 79.9. The Labute approximate surface area is 131 Å². The molecule has 0 unspecified atom stereocenters. The van der Waals surface area contributed by atoms with Crippen LogP contribution in [0.15, 0.2) is 34.8 Å². The summed E-state index contributed by atoms with van der Waals surface area (Å²) < 4.78 is 0.922. The topological polar surface area (TPSA) is 38.0 Å². The lowest BCUT2D eigenvalue weighted by molar-refractivity contribution is 1.19. The molecular weight excluding hydrogens is 340 g/mol. The van der Waals surface area contributed by atoms with Crippen LogP contribution >= 0.6 is 39.5 Å². The number of hydrogen-bond acceptors (Lipinski definition) is 3. The van der Waals surface area contributed by atoms with Crippen molar-refractivity contribution in [1.29, 1.82) is 0 Å². The van der Waals surface area contributed by atoms with E-state index in [0.29, 0.717) is 4.99 Å². The highest BCUT2D eigenvalue weighted by Gasteiger charge is 2.04. The van der Waals surface area contributed by atoms with Crippen LogP contribution in [-0.2, 0) is 13.0 Å². The van der Waals surface area contributed by atoms with Crippen LogP contribution in [0.4, 0.5) is 5.69 Å². The van der Waals surface area contributed by atoms with Crippen LogP contribution in [0, 0.1) is 0 Å². The maximum Gasteiger partial charge on any atom is 0.105 e. The molecule has 2 rings (SSSR count). The van der Waals surface area contributed by atoms with Gasteiger partial charge in [-0.15, -0.1) is 11.3 Å². The van der Waals surface area contributed by atoms with Crippen molar-refractivity contribution < 1.29 is 0 Å². The Morgan fingerprint density at radius 2 is 2.05 bits per heavy atom. The van der Waals surface area contributed by atoms with E-state index in [2.05, 4.69) is 40.3 Å². The summed E-state index contributed by atoms with van der Waals surface area (Å²) in [6.07, 6.45) is 1.10. The van der Waals surface area contributed by atoms with E-state index >= 15 is 0 Å². The first kappa shape index (κ1) is 14.5. The fourth-order valence-electron chi connectivity index (χ4n) is 1.72. The Morgan fingerprint density at radius 1 is 1.32 bits per heavy atom. The predicted octanol–water partition coefficient (Wildman–Crippen LogP) is 4.32. The number of nitrogens with one attached hydrogen (secondary N) is 1. The molecule has 19 heavy (non-hydrogen) atoms. The van der Waals surface area contributed by atoms with E-state index in [-0.39, 0.29) is 0 Å². The molecule has 2 nitrogen and oxygen atoms in total. The van der Waals surface area contributed by atoms with E-state index in [1.165, 1.54) is 9.75 Å². The van der Waals surface area contributed by atoms with Crippen LogP contribution in [0.5, 0.6) is 0 Å². The van der Waals surface area contributed by atoms with Crippen molar-refractivity contribution in [3.63, 3.8) is 0 Å². The molecule has 0 bridgehead atoms. The average Bonchev–Trinajstić information content (AvgIpc) is 2.84. The van der Waals surface area contributed by atoms with Gasteiger partial charge in [-0.25, -0.2) is 0 Å². The molecule has 100 valence electrons. The smallest absolute Gasteiger partial charge is 0.105 e. The number of benzene rings is 1. The van der Waals surface area contributed by atoms with Gasteiger partial charge >= 0.3 is 0 Å². The Bertz CT molecular complexity index is 593. The van der Waals surface area contributed by atoms with Crippen molar-refractivity contribution in [3.05, 3.63) is 50.1 Å². The minimum absolute atomic E-state index is 0.407. The largest absolute Gasteiger partial charge is 0.389 e. The Morgan fingerprint density at radius 3 is 2.63 bits per heavy atom. The van der Waals surface area contributed by atoms with E-state index in [1.54, 1.807) is 0 Å². The molecule has 0 saturated heterocycles. The van der Waals surface area contributed by atoms with Crippen molar-refractivity contribution in [2.45, 2.75) is 19.9 Å². The van der Waals surface area contributed by atoms with Gasteiger partial charge in [-0.05, 0) is 52.7 Å². The van der Waals surface area contributed by atoms with Crippen molar-refractivity contribution in [3.8, 4) is 0 Å². The lowest BCUT2D eigenvalue weighted by Gasteiger charge is -2.08. The van der Waals surface area contributed by atoms with Gasteiger partial charge < -0.3 is 11.1 Å². The second kappa shape index (κ2) is 6.50. The monoisotopic (exact) mass is 354 g/mol. The third-order valence-corrected chi connectivity index (χ3v) is 4.87. The van der Waals surface area contributed by atoms with Crippen LogP contribution in [0.25, 0.3) is 0 Å². The number of aryl methyl sites for hydroxylation is 1. The minimum Gasteiger partial charge on any atom is -0.389 e. The highest BCUT2D eigenvalue weighted by Crippen LogP contribution is 2.23. The fourth-order valence-corrected chi connectivity index (χ4v) is 3.52. The Balaban J connectivity index is 2.03. The van der Waals surface area contributed by atoms with Crippen molar-refractivity contribution in [1.82, 2.24) is 0 Å². The molecule has 0 aliphatic carbocycles. The summed E-state index contributed by atoms with van der Waals surface area (Å²) in [4.78, 5) is 3.16. The summed E-state index contributed by atoms with van der Waals surface area (Å²) in [5, 5.41) is 3.40. The van der Waals surface area contributed by atoms with Gasteiger partial charge in [-0.1, -0.05) is 19.1 Å². The molecule has 3 N–H and O–H groups in total. The minimum atomic E-state index is 0.407. The molecule has 0 atom stereocenters. The number of anilines is 1. The Hall–Kier alpha value is -0.910. The van der Waals surface area contributed by atoms with E-state index in [1.807, 2.05) is 29.5 Å². The third-order valence-electron chi connectivity index (χ3n) is 2.77. The van der Waals surface area contributed by atoms with Gasteiger partial charge in [-0.3, -0.25) is 0 Å².